The van der Waals surface area contributed by atoms with Crippen molar-refractivity contribution in [3.8, 4) is 39.6 Å². The smallest absolute Gasteiger partial charge is 0.160 e. The molecule has 3 aromatic heterocycles. The quantitative estimate of drug-likeness (QED) is 0.188. The van der Waals surface area contributed by atoms with Crippen molar-refractivity contribution < 1.29 is 4.42 Å². The van der Waals surface area contributed by atoms with Crippen LogP contribution in [-0.4, -0.2) is 14.5 Å². The minimum absolute atomic E-state index is 0.670. The highest BCUT2D eigenvalue weighted by Gasteiger charge is 2.22. The second-order valence-corrected chi connectivity index (χ2v) is 13.4. The highest BCUT2D eigenvalue weighted by molar-refractivity contribution is 6.18. The summed E-state index contributed by atoms with van der Waals surface area (Å²) in [5.74, 6) is 0.670. The molecule has 0 spiro atoms. The average molecular weight is 664 g/mol. The Bertz CT molecular complexity index is 3190. The fraction of sp³-hybridized carbons (Fsp3) is 0. The van der Waals surface area contributed by atoms with Crippen molar-refractivity contribution in [2.45, 2.75) is 0 Å². The van der Waals surface area contributed by atoms with Gasteiger partial charge < -0.3 is 8.98 Å². The van der Waals surface area contributed by atoms with Crippen LogP contribution in [-0.2, 0) is 0 Å². The van der Waals surface area contributed by atoms with Crippen LogP contribution >= 0.6 is 0 Å². The highest BCUT2D eigenvalue weighted by atomic mass is 16.3. The van der Waals surface area contributed by atoms with Gasteiger partial charge in [-0.05, 0) is 70.1 Å². The van der Waals surface area contributed by atoms with Crippen molar-refractivity contribution >= 4 is 65.3 Å². The lowest BCUT2D eigenvalue weighted by Gasteiger charge is -2.13. The fourth-order valence-corrected chi connectivity index (χ4v) is 7.91. The minimum atomic E-state index is 0.670. The molecule has 4 heteroatoms. The number of hydrogen-bond donors (Lipinski definition) is 0. The normalized spacial score (nSPS) is 11.8. The molecular weight excluding hydrogens is 635 g/mol. The monoisotopic (exact) mass is 663 g/mol. The summed E-state index contributed by atoms with van der Waals surface area (Å²) < 4.78 is 9.25. The molecule has 0 unspecified atom stereocenters. The van der Waals surface area contributed by atoms with Crippen LogP contribution in [0.25, 0.3) is 105 Å². The van der Waals surface area contributed by atoms with Crippen LogP contribution < -0.4 is 0 Å². The maximum absolute atomic E-state index is 6.85. The summed E-state index contributed by atoms with van der Waals surface area (Å²) in [4.78, 5) is 10.4. The second-order valence-electron chi connectivity index (χ2n) is 13.4. The van der Waals surface area contributed by atoms with Gasteiger partial charge in [-0.2, -0.15) is 0 Å². The third-order valence-corrected chi connectivity index (χ3v) is 10.4. The molecule has 0 bridgehead atoms. The standard InChI is InChI=1S/C48H29N3O/c1-2-13-31(14-3-1)48-49-40(35-23-22-30-12-4-5-15-32(30)26-35)29-41(50-48)37-24-25-43(46-38-19-9-11-21-45(38)52-47(37)46)51-42-20-10-8-18-36(42)39-27-33-16-6-7-17-34(33)28-44(39)51/h1-29H. The van der Waals surface area contributed by atoms with Crippen molar-refractivity contribution in [3.05, 3.63) is 176 Å². The zero-order valence-corrected chi connectivity index (χ0v) is 28.0. The summed E-state index contributed by atoms with van der Waals surface area (Å²) >= 11 is 0. The number of hydrogen-bond acceptors (Lipinski definition) is 3. The van der Waals surface area contributed by atoms with E-state index in [1.165, 1.54) is 32.3 Å². The van der Waals surface area contributed by atoms with Gasteiger partial charge in [-0.3, -0.25) is 0 Å². The third-order valence-electron chi connectivity index (χ3n) is 10.4. The molecule has 8 aromatic carbocycles. The van der Waals surface area contributed by atoms with Gasteiger partial charge in [0.15, 0.2) is 5.82 Å². The Kier molecular flexibility index (Phi) is 6.22. The number of rotatable bonds is 4. The topological polar surface area (TPSA) is 43.9 Å². The predicted molar refractivity (Wildman–Crippen MR) is 215 cm³/mol. The van der Waals surface area contributed by atoms with E-state index in [-0.39, 0.29) is 0 Å². The molecule has 11 rings (SSSR count). The summed E-state index contributed by atoms with van der Waals surface area (Å²) in [6, 6.07) is 61.9. The molecule has 3 heterocycles. The maximum atomic E-state index is 6.85. The molecule has 0 fully saturated rings. The van der Waals surface area contributed by atoms with Crippen molar-refractivity contribution in [3.63, 3.8) is 0 Å². The first-order valence-corrected chi connectivity index (χ1v) is 17.6. The Hall–Kier alpha value is -7.04. The zero-order valence-electron chi connectivity index (χ0n) is 28.0. The Labute approximate surface area is 298 Å². The van der Waals surface area contributed by atoms with E-state index in [1.54, 1.807) is 0 Å². The molecule has 0 radical (unpaired) electrons. The van der Waals surface area contributed by atoms with Crippen LogP contribution in [0.3, 0.4) is 0 Å². The lowest BCUT2D eigenvalue weighted by atomic mass is 10.0. The molecule has 0 atom stereocenters. The van der Waals surface area contributed by atoms with Crippen molar-refractivity contribution in [2.24, 2.45) is 0 Å². The largest absolute Gasteiger partial charge is 0.455 e. The molecule has 0 N–H and O–H groups in total. The van der Waals surface area contributed by atoms with Gasteiger partial charge in [-0.15, -0.1) is 0 Å². The first kappa shape index (κ1) is 28.8. The number of benzene rings is 8. The molecule has 4 nitrogen and oxygen atoms in total. The van der Waals surface area contributed by atoms with Crippen LogP contribution in [0.2, 0.25) is 0 Å². The van der Waals surface area contributed by atoms with Crippen LogP contribution in [0, 0.1) is 0 Å². The van der Waals surface area contributed by atoms with Gasteiger partial charge in [0.1, 0.15) is 11.2 Å². The van der Waals surface area contributed by atoms with Gasteiger partial charge in [-0.1, -0.05) is 127 Å². The predicted octanol–water partition coefficient (Wildman–Crippen LogP) is 12.8. The number of para-hydroxylation sites is 2. The van der Waals surface area contributed by atoms with E-state index in [1.807, 2.05) is 24.3 Å². The van der Waals surface area contributed by atoms with E-state index in [4.69, 9.17) is 14.4 Å². The molecule has 0 aliphatic rings. The van der Waals surface area contributed by atoms with Gasteiger partial charge in [-0.25, -0.2) is 9.97 Å². The molecule has 11 aromatic rings. The van der Waals surface area contributed by atoms with Gasteiger partial charge in [0.25, 0.3) is 0 Å². The Morgan fingerprint density at radius 2 is 1.10 bits per heavy atom. The Morgan fingerprint density at radius 3 is 1.94 bits per heavy atom. The van der Waals surface area contributed by atoms with Crippen LogP contribution in [0.5, 0.6) is 0 Å². The molecule has 0 saturated carbocycles. The van der Waals surface area contributed by atoms with Crippen molar-refractivity contribution in [1.29, 1.82) is 0 Å². The van der Waals surface area contributed by atoms with E-state index in [2.05, 4.69) is 156 Å². The van der Waals surface area contributed by atoms with Crippen LogP contribution in [0.4, 0.5) is 0 Å². The number of fused-ring (bicyclic) bond motifs is 8. The SMILES string of the molecule is c1ccc(-c2nc(-c3ccc4ccccc4c3)cc(-c3ccc(-n4c5ccccc5c5cc6ccccc6cc54)c4c3oc3ccccc34)n2)cc1. The van der Waals surface area contributed by atoms with E-state index < -0.39 is 0 Å². The van der Waals surface area contributed by atoms with Crippen molar-refractivity contribution in [1.82, 2.24) is 14.5 Å². The molecule has 52 heavy (non-hydrogen) atoms. The molecule has 0 aliphatic carbocycles. The van der Waals surface area contributed by atoms with Gasteiger partial charge in [0.05, 0.1) is 33.5 Å². The summed E-state index contributed by atoms with van der Waals surface area (Å²) in [5.41, 5.74) is 9.59. The van der Waals surface area contributed by atoms with E-state index in [0.717, 1.165) is 66.7 Å². The first-order valence-electron chi connectivity index (χ1n) is 17.6. The van der Waals surface area contributed by atoms with E-state index in [9.17, 15) is 0 Å². The lowest BCUT2D eigenvalue weighted by molar-refractivity contribution is 0.669. The zero-order chi connectivity index (χ0) is 34.2. The third kappa shape index (κ3) is 4.41. The van der Waals surface area contributed by atoms with E-state index in [0.29, 0.717) is 5.82 Å². The van der Waals surface area contributed by atoms with E-state index >= 15 is 0 Å². The number of aromatic nitrogens is 3. The first-order chi connectivity index (χ1) is 25.8. The summed E-state index contributed by atoms with van der Waals surface area (Å²) in [7, 11) is 0. The molecule has 242 valence electrons. The second kappa shape index (κ2) is 11.2. The van der Waals surface area contributed by atoms with Gasteiger partial charge >= 0.3 is 0 Å². The molecular formula is C48H29N3O. The van der Waals surface area contributed by atoms with Crippen LogP contribution in [0.1, 0.15) is 0 Å². The molecule has 0 aliphatic heterocycles. The number of furan rings is 1. The average Bonchev–Trinajstić information content (AvgIpc) is 3.76. The maximum Gasteiger partial charge on any atom is 0.160 e. The Morgan fingerprint density at radius 1 is 0.423 bits per heavy atom. The fourth-order valence-electron chi connectivity index (χ4n) is 7.91. The minimum Gasteiger partial charge on any atom is -0.455 e. The summed E-state index contributed by atoms with van der Waals surface area (Å²) in [5, 5.41) is 9.36. The van der Waals surface area contributed by atoms with Gasteiger partial charge in [0.2, 0.25) is 0 Å². The van der Waals surface area contributed by atoms with Gasteiger partial charge in [0, 0.05) is 32.8 Å². The van der Waals surface area contributed by atoms with Crippen molar-refractivity contribution in [2.75, 3.05) is 0 Å². The summed E-state index contributed by atoms with van der Waals surface area (Å²) in [6.07, 6.45) is 0. The molecule has 0 saturated heterocycles. The Balaban J connectivity index is 1.21. The summed E-state index contributed by atoms with van der Waals surface area (Å²) in [6.45, 7) is 0. The molecule has 0 amide bonds. The highest BCUT2D eigenvalue weighted by Crippen LogP contribution is 2.43. The number of nitrogens with zero attached hydrogens (tertiary/aromatic N) is 3. The van der Waals surface area contributed by atoms with Crippen LogP contribution in [0.15, 0.2) is 180 Å². The lowest BCUT2D eigenvalue weighted by Crippen LogP contribution is -1.98.